The van der Waals surface area contributed by atoms with Crippen LogP contribution in [0.3, 0.4) is 0 Å². The van der Waals surface area contributed by atoms with Crippen LogP contribution in [-0.4, -0.2) is 42.3 Å². The molecule has 0 radical (unpaired) electrons. The van der Waals surface area contributed by atoms with Crippen LogP contribution in [0.4, 0.5) is 0 Å². The molecule has 1 heterocycles. The molecular weight excluding hydrogens is 463 g/mol. The summed E-state index contributed by atoms with van der Waals surface area (Å²) in [5.41, 5.74) is 3.80. The van der Waals surface area contributed by atoms with E-state index in [1.807, 2.05) is 0 Å². The third kappa shape index (κ3) is 7.62. The van der Waals surface area contributed by atoms with Crippen LogP contribution in [0, 0.1) is 18.8 Å². The number of aromatic nitrogens is 1. The van der Waals surface area contributed by atoms with Crippen molar-refractivity contribution in [3.8, 4) is 0 Å². The van der Waals surface area contributed by atoms with Crippen LogP contribution < -0.4 is 10.6 Å². The number of H-pyrrole nitrogens is 1. The second-order valence-corrected chi connectivity index (χ2v) is 7.68. The fraction of sp³-hybridized carbons (Fsp3) is 0.591. The van der Waals surface area contributed by atoms with Crippen molar-refractivity contribution in [3.05, 3.63) is 35.5 Å². The molecule has 0 saturated carbocycles. The first kappa shape index (κ1) is 24.8. The van der Waals surface area contributed by atoms with Gasteiger partial charge in [0.15, 0.2) is 5.96 Å². The van der Waals surface area contributed by atoms with E-state index in [9.17, 15) is 5.11 Å². The summed E-state index contributed by atoms with van der Waals surface area (Å²) in [5.74, 6) is 1.92. The molecule has 6 heteroatoms. The number of guanidine groups is 1. The average Bonchev–Trinajstić information content (AvgIpc) is 2.94. The van der Waals surface area contributed by atoms with Crippen molar-refractivity contribution in [2.75, 3.05) is 26.2 Å². The van der Waals surface area contributed by atoms with E-state index in [1.165, 1.54) is 22.2 Å². The first-order valence-corrected chi connectivity index (χ1v) is 10.2. The largest absolute Gasteiger partial charge is 0.396 e. The molecule has 28 heavy (non-hydrogen) atoms. The van der Waals surface area contributed by atoms with Gasteiger partial charge in [-0.05, 0) is 56.6 Å². The highest BCUT2D eigenvalue weighted by Crippen LogP contribution is 2.22. The lowest BCUT2D eigenvalue weighted by Crippen LogP contribution is -2.38. The third-order valence-corrected chi connectivity index (χ3v) is 4.89. The van der Waals surface area contributed by atoms with Gasteiger partial charge in [0.1, 0.15) is 0 Å². The summed E-state index contributed by atoms with van der Waals surface area (Å²) in [6.45, 7) is 11.3. The molecule has 0 saturated heterocycles. The topological polar surface area (TPSA) is 72.4 Å². The summed E-state index contributed by atoms with van der Waals surface area (Å²) >= 11 is 0. The van der Waals surface area contributed by atoms with Crippen molar-refractivity contribution >= 4 is 40.8 Å². The first-order chi connectivity index (χ1) is 13.0. The lowest BCUT2D eigenvalue weighted by atomic mass is 9.94. The second-order valence-electron chi connectivity index (χ2n) is 7.68. The van der Waals surface area contributed by atoms with Crippen molar-refractivity contribution in [1.29, 1.82) is 0 Å². The van der Waals surface area contributed by atoms with Crippen molar-refractivity contribution in [3.63, 3.8) is 0 Å². The monoisotopic (exact) mass is 500 g/mol. The first-order valence-electron chi connectivity index (χ1n) is 10.2. The molecule has 0 aliphatic carbocycles. The number of aliphatic hydroxyl groups is 1. The number of para-hydroxylation sites is 1. The maximum Gasteiger partial charge on any atom is 0.191 e. The standard InChI is InChI=1S/C22H36N4O.HI/c1-5-23-22(25-15-18(11-13-27)14-16(2)3)24-12-10-19-17(4)26-21-9-7-6-8-20(19)21;/h6-9,16,18,26-27H,5,10-15H2,1-4H3,(H2,23,24,25);1H. The number of aliphatic imine (C=N–C) groups is 1. The molecule has 1 aromatic heterocycles. The van der Waals surface area contributed by atoms with Crippen molar-refractivity contribution in [2.24, 2.45) is 16.8 Å². The number of benzene rings is 1. The number of aromatic amines is 1. The predicted octanol–water partition coefficient (Wildman–Crippen LogP) is 4.24. The van der Waals surface area contributed by atoms with Gasteiger partial charge in [-0.25, -0.2) is 0 Å². The van der Waals surface area contributed by atoms with Gasteiger partial charge in [-0.3, -0.25) is 4.99 Å². The van der Waals surface area contributed by atoms with Gasteiger partial charge in [0.05, 0.1) is 0 Å². The van der Waals surface area contributed by atoms with Crippen LogP contribution in [0.1, 0.15) is 44.9 Å². The van der Waals surface area contributed by atoms with E-state index in [1.54, 1.807) is 0 Å². The van der Waals surface area contributed by atoms with Gasteiger partial charge in [0, 0.05) is 42.8 Å². The number of nitrogens with zero attached hydrogens (tertiary/aromatic N) is 1. The summed E-state index contributed by atoms with van der Waals surface area (Å²) in [5, 5.41) is 17.4. The number of fused-ring (bicyclic) bond motifs is 1. The van der Waals surface area contributed by atoms with E-state index >= 15 is 0 Å². The number of aliphatic hydroxyl groups excluding tert-OH is 1. The molecule has 0 aliphatic heterocycles. The van der Waals surface area contributed by atoms with Gasteiger partial charge in [0.25, 0.3) is 0 Å². The van der Waals surface area contributed by atoms with E-state index in [4.69, 9.17) is 4.99 Å². The van der Waals surface area contributed by atoms with Gasteiger partial charge >= 0.3 is 0 Å². The molecule has 5 nitrogen and oxygen atoms in total. The Labute approximate surface area is 186 Å². The zero-order valence-electron chi connectivity index (χ0n) is 17.7. The highest BCUT2D eigenvalue weighted by molar-refractivity contribution is 14.0. The van der Waals surface area contributed by atoms with Crippen LogP contribution >= 0.6 is 24.0 Å². The van der Waals surface area contributed by atoms with E-state index in [0.29, 0.717) is 11.8 Å². The summed E-state index contributed by atoms with van der Waals surface area (Å²) in [6, 6.07) is 8.46. The van der Waals surface area contributed by atoms with Gasteiger partial charge in [-0.1, -0.05) is 32.0 Å². The van der Waals surface area contributed by atoms with Gasteiger partial charge < -0.3 is 20.7 Å². The molecule has 1 atom stereocenters. The molecule has 0 fully saturated rings. The smallest absolute Gasteiger partial charge is 0.191 e. The fourth-order valence-corrected chi connectivity index (χ4v) is 3.66. The number of nitrogens with one attached hydrogen (secondary N) is 3. The lowest BCUT2D eigenvalue weighted by molar-refractivity contribution is 0.245. The molecule has 158 valence electrons. The van der Waals surface area contributed by atoms with E-state index in [0.717, 1.165) is 44.9 Å². The van der Waals surface area contributed by atoms with E-state index in [2.05, 4.69) is 67.6 Å². The second kappa shape index (κ2) is 13.0. The molecule has 2 rings (SSSR count). The predicted molar refractivity (Wildman–Crippen MR) is 131 cm³/mol. The van der Waals surface area contributed by atoms with Gasteiger partial charge in [0.2, 0.25) is 0 Å². The van der Waals surface area contributed by atoms with Crippen LogP contribution in [0.25, 0.3) is 10.9 Å². The van der Waals surface area contributed by atoms with Crippen molar-refractivity contribution in [2.45, 2.75) is 47.0 Å². The summed E-state index contributed by atoms with van der Waals surface area (Å²) in [6.07, 6.45) is 2.86. The SMILES string of the molecule is CCNC(=NCC(CCO)CC(C)C)NCCc1c(C)[nH]c2ccccc12.I. The molecule has 0 spiro atoms. The Kier molecular flexibility index (Phi) is 11.5. The number of hydrogen-bond acceptors (Lipinski definition) is 2. The normalized spacial score (nSPS) is 12.9. The minimum atomic E-state index is 0. The number of halogens is 1. The van der Waals surface area contributed by atoms with Gasteiger partial charge in [-0.2, -0.15) is 0 Å². The zero-order valence-corrected chi connectivity index (χ0v) is 20.0. The molecule has 0 amide bonds. The number of rotatable bonds is 10. The van der Waals surface area contributed by atoms with Crippen LogP contribution in [0.5, 0.6) is 0 Å². The Bertz CT molecular complexity index is 726. The lowest BCUT2D eigenvalue weighted by Gasteiger charge is -2.17. The Hall–Kier alpha value is -1.28. The van der Waals surface area contributed by atoms with E-state index in [-0.39, 0.29) is 30.6 Å². The quantitative estimate of drug-likeness (QED) is 0.224. The van der Waals surface area contributed by atoms with Crippen LogP contribution in [0.2, 0.25) is 0 Å². The maximum atomic E-state index is 9.30. The Morgan fingerprint density at radius 2 is 1.96 bits per heavy atom. The molecule has 0 bridgehead atoms. The number of hydrogen-bond donors (Lipinski definition) is 4. The molecule has 4 N–H and O–H groups in total. The molecule has 1 aromatic carbocycles. The Morgan fingerprint density at radius 1 is 1.21 bits per heavy atom. The highest BCUT2D eigenvalue weighted by atomic mass is 127. The maximum absolute atomic E-state index is 9.30. The van der Waals surface area contributed by atoms with Gasteiger partial charge in [-0.15, -0.1) is 24.0 Å². The van der Waals surface area contributed by atoms with Crippen LogP contribution in [-0.2, 0) is 6.42 Å². The third-order valence-electron chi connectivity index (χ3n) is 4.89. The van der Waals surface area contributed by atoms with Crippen molar-refractivity contribution in [1.82, 2.24) is 15.6 Å². The van der Waals surface area contributed by atoms with E-state index < -0.39 is 0 Å². The average molecular weight is 500 g/mol. The summed E-state index contributed by atoms with van der Waals surface area (Å²) in [7, 11) is 0. The molecule has 2 aromatic rings. The molecular formula is C22H37IN4O. The summed E-state index contributed by atoms with van der Waals surface area (Å²) < 4.78 is 0. The Morgan fingerprint density at radius 3 is 2.64 bits per heavy atom. The highest BCUT2D eigenvalue weighted by Gasteiger charge is 2.11. The number of aryl methyl sites for hydroxylation is 1. The zero-order chi connectivity index (χ0) is 19.6. The Balaban J connectivity index is 0.00000392. The summed E-state index contributed by atoms with van der Waals surface area (Å²) in [4.78, 5) is 8.23. The fourth-order valence-electron chi connectivity index (χ4n) is 3.66. The minimum absolute atomic E-state index is 0. The minimum Gasteiger partial charge on any atom is -0.396 e. The molecule has 0 aliphatic rings. The van der Waals surface area contributed by atoms with Crippen LogP contribution in [0.15, 0.2) is 29.3 Å². The van der Waals surface area contributed by atoms with Crippen molar-refractivity contribution < 1.29 is 5.11 Å². The molecule has 1 unspecified atom stereocenters.